The van der Waals surface area contributed by atoms with E-state index < -0.39 is 0 Å². The molecule has 1 aromatic heterocycles. The first-order valence-corrected chi connectivity index (χ1v) is 9.67. The molecule has 3 nitrogen and oxygen atoms in total. The van der Waals surface area contributed by atoms with Crippen molar-refractivity contribution in [3.05, 3.63) is 82.9 Å². The van der Waals surface area contributed by atoms with Gasteiger partial charge in [-0.1, -0.05) is 23.3 Å². The Labute approximate surface area is 162 Å². The van der Waals surface area contributed by atoms with Gasteiger partial charge in [0.15, 0.2) is 0 Å². The molecule has 0 radical (unpaired) electrons. The molecule has 0 saturated heterocycles. The molecular weight excluding hydrogens is 352 g/mol. The molecule has 0 bridgehead atoms. The molecule has 4 aromatic rings. The summed E-state index contributed by atoms with van der Waals surface area (Å²) in [5, 5.41) is 3.96. The van der Waals surface area contributed by atoms with Crippen LogP contribution in [0.2, 0.25) is 0 Å². The number of carbonyl (C=O) groups excluding carboxylic acids is 1. The second-order valence-corrected chi connectivity index (χ2v) is 7.93. The van der Waals surface area contributed by atoms with Crippen LogP contribution in [0.1, 0.15) is 27.0 Å². The van der Waals surface area contributed by atoms with Crippen molar-refractivity contribution in [3.8, 4) is 10.6 Å². The van der Waals surface area contributed by atoms with Crippen LogP contribution in [0.15, 0.2) is 60.7 Å². The largest absolute Gasteiger partial charge is 0.322 e. The van der Waals surface area contributed by atoms with Crippen LogP contribution in [0.5, 0.6) is 0 Å². The molecule has 1 N–H and O–H groups in total. The molecular formula is C23H20N2OS. The fourth-order valence-electron chi connectivity index (χ4n) is 3.16. The number of aromatic nitrogens is 1. The maximum Gasteiger partial charge on any atom is 0.255 e. The Morgan fingerprint density at radius 3 is 2.26 bits per heavy atom. The van der Waals surface area contributed by atoms with Gasteiger partial charge in [-0.2, -0.15) is 0 Å². The Morgan fingerprint density at radius 1 is 0.852 bits per heavy atom. The Balaban J connectivity index is 1.55. The topological polar surface area (TPSA) is 42.0 Å². The summed E-state index contributed by atoms with van der Waals surface area (Å²) in [6, 6.07) is 20.0. The molecule has 0 fully saturated rings. The van der Waals surface area contributed by atoms with Crippen molar-refractivity contribution in [2.75, 3.05) is 5.32 Å². The molecule has 1 amide bonds. The summed E-state index contributed by atoms with van der Waals surface area (Å²) in [5.74, 6) is -0.0926. The summed E-state index contributed by atoms with van der Waals surface area (Å²) in [6.45, 7) is 6.09. The van der Waals surface area contributed by atoms with Crippen molar-refractivity contribution in [2.45, 2.75) is 20.8 Å². The molecule has 0 atom stereocenters. The molecule has 4 rings (SSSR count). The van der Waals surface area contributed by atoms with Gasteiger partial charge in [-0.15, -0.1) is 11.3 Å². The first-order valence-electron chi connectivity index (χ1n) is 8.85. The van der Waals surface area contributed by atoms with E-state index in [1.165, 1.54) is 10.3 Å². The molecule has 0 spiro atoms. The van der Waals surface area contributed by atoms with E-state index in [4.69, 9.17) is 4.98 Å². The minimum absolute atomic E-state index is 0.0926. The molecule has 4 heteroatoms. The van der Waals surface area contributed by atoms with Gasteiger partial charge in [-0.25, -0.2) is 4.98 Å². The molecule has 0 saturated carbocycles. The average molecular weight is 372 g/mol. The van der Waals surface area contributed by atoms with Gasteiger partial charge in [0.05, 0.1) is 10.2 Å². The molecule has 1 heterocycles. The van der Waals surface area contributed by atoms with Crippen LogP contribution in [0.25, 0.3) is 20.8 Å². The maximum atomic E-state index is 12.5. The lowest BCUT2D eigenvalue weighted by molar-refractivity contribution is 0.102. The summed E-state index contributed by atoms with van der Waals surface area (Å²) in [6.07, 6.45) is 0. The Hall–Kier alpha value is -2.98. The van der Waals surface area contributed by atoms with Crippen LogP contribution < -0.4 is 5.32 Å². The number of carbonyl (C=O) groups is 1. The Bertz CT molecular complexity index is 1120. The highest BCUT2D eigenvalue weighted by Gasteiger charge is 2.09. The normalized spacial score (nSPS) is 10.9. The zero-order valence-electron chi connectivity index (χ0n) is 15.5. The van der Waals surface area contributed by atoms with Crippen molar-refractivity contribution in [1.29, 1.82) is 0 Å². The first-order chi connectivity index (χ1) is 13.0. The van der Waals surface area contributed by atoms with E-state index in [2.05, 4.69) is 36.5 Å². The van der Waals surface area contributed by atoms with Crippen molar-refractivity contribution < 1.29 is 4.79 Å². The second-order valence-electron chi connectivity index (χ2n) is 6.90. The van der Waals surface area contributed by atoms with E-state index in [9.17, 15) is 4.79 Å². The lowest BCUT2D eigenvalue weighted by Crippen LogP contribution is -2.12. The summed E-state index contributed by atoms with van der Waals surface area (Å²) in [5.41, 5.74) is 6.94. The monoisotopic (exact) mass is 372 g/mol. The van der Waals surface area contributed by atoms with E-state index in [-0.39, 0.29) is 5.91 Å². The number of thiazole rings is 1. The van der Waals surface area contributed by atoms with Gasteiger partial charge in [-0.3, -0.25) is 4.79 Å². The SMILES string of the molecule is Cc1cc(C)cc(C(=O)Nc2ccc(-c3nc4ccc(C)cc4s3)cc2)c1. The van der Waals surface area contributed by atoms with Crippen LogP contribution in [0.3, 0.4) is 0 Å². The lowest BCUT2D eigenvalue weighted by atomic mass is 10.1. The van der Waals surface area contributed by atoms with E-state index in [1.807, 2.05) is 50.2 Å². The summed E-state index contributed by atoms with van der Waals surface area (Å²) in [7, 11) is 0. The molecule has 0 unspecified atom stereocenters. The van der Waals surface area contributed by atoms with Crippen LogP contribution in [0.4, 0.5) is 5.69 Å². The van der Waals surface area contributed by atoms with Crippen molar-refractivity contribution in [1.82, 2.24) is 4.98 Å². The fraction of sp³-hybridized carbons (Fsp3) is 0.130. The fourth-order valence-corrected chi connectivity index (χ4v) is 4.23. The molecule has 0 aliphatic heterocycles. The summed E-state index contributed by atoms with van der Waals surface area (Å²) in [4.78, 5) is 17.2. The standard InChI is InChI=1S/C23H20N2OS/c1-14-4-9-20-21(13-14)27-23(25-20)17-5-7-19(8-6-17)24-22(26)18-11-15(2)10-16(3)12-18/h4-13H,1-3H3,(H,24,26). The number of amides is 1. The third-order valence-corrected chi connectivity index (χ3v) is 5.48. The average Bonchev–Trinajstić information content (AvgIpc) is 3.04. The number of rotatable bonds is 3. The summed E-state index contributed by atoms with van der Waals surface area (Å²) >= 11 is 1.69. The van der Waals surface area contributed by atoms with E-state index in [0.717, 1.165) is 32.9 Å². The van der Waals surface area contributed by atoms with E-state index in [1.54, 1.807) is 11.3 Å². The van der Waals surface area contributed by atoms with Gasteiger partial charge in [0, 0.05) is 16.8 Å². The van der Waals surface area contributed by atoms with Crippen LogP contribution >= 0.6 is 11.3 Å². The Morgan fingerprint density at radius 2 is 1.56 bits per heavy atom. The number of benzene rings is 3. The van der Waals surface area contributed by atoms with Crippen LogP contribution in [-0.4, -0.2) is 10.9 Å². The lowest BCUT2D eigenvalue weighted by Gasteiger charge is -2.07. The molecule has 3 aromatic carbocycles. The van der Waals surface area contributed by atoms with Gasteiger partial charge in [0.1, 0.15) is 5.01 Å². The highest BCUT2D eigenvalue weighted by Crippen LogP contribution is 2.31. The molecule has 27 heavy (non-hydrogen) atoms. The first kappa shape index (κ1) is 17.4. The van der Waals surface area contributed by atoms with Crippen molar-refractivity contribution in [2.24, 2.45) is 0 Å². The van der Waals surface area contributed by atoms with Gasteiger partial charge >= 0.3 is 0 Å². The highest BCUT2D eigenvalue weighted by molar-refractivity contribution is 7.21. The number of nitrogens with zero attached hydrogens (tertiary/aromatic N) is 1. The van der Waals surface area contributed by atoms with Crippen LogP contribution in [-0.2, 0) is 0 Å². The summed E-state index contributed by atoms with van der Waals surface area (Å²) < 4.78 is 1.19. The minimum Gasteiger partial charge on any atom is -0.322 e. The number of nitrogens with one attached hydrogen (secondary N) is 1. The number of hydrogen-bond acceptors (Lipinski definition) is 3. The van der Waals surface area contributed by atoms with Gasteiger partial charge in [-0.05, 0) is 74.9 Å². The quantitative estimate of drug-likeness (QED) is 0.469. The predicted molar refractivity (Wildman–Crippen MR) is 114 cm³/mol. The van der Waals surface area contributed by atoms with Gasteiger partial charge in [0.25, 0.3) is 5.91 Å². The number of fused-ring (bicyclic) bond motifs is 1. The van der Waals surface area contributed by atoms with Gasteiger partial charge in [0.2, 0.25) is 0 Å². The number of hydrogen-bond donors (Lipinski definition) is 1. The van der Waals surface area contributed by atoms with Crippen molar-refractivity contribution in [3.63, 3.8) is 0 Å². The highest BCUT2D eigenvalue weighted by atomic mass is 32.1. The zero-order valence-corrected chi connectivity index (χ0v) is 16.4. The Kier molecular flexibility index (Phi) is 4.50. The zero-order chi connectivity index (χ0) is 19.0. The van der Waals surface area contributed by atoms with E-state index in [0.29, 0.717) is 5.56 Å². The number of aryl methyl sites for hydroxylation is 3. The van der Waals surface area contributed by atoms with E-state index >= 15 is 0 Å². The van der Waals surface area contributed by atoms with Gasteiger partial charge < -0.3 is 5.32 Å². The third-order valence-electron chi connectivity index (χ3n) is 4.42. The predicted octanol–water partition coefficient (Wildman–Crippen LogP) is 6.14. The molecule has 0 aliphatic rings. The third kappa shape index (κ3) is 3.76. The molecule has 0 aliphatic carbocycles. The smallest absolute Gasteiger partial charge is 0.255 e. The van der Waals surface area contributed by atoms with Crippen molar-refractivity contribution >= 4 is 33.1 Å². The second kappa shape index (κ2) is 6.97. The van der Waals surface area contributed by atoms with Crippen LogP contribution in [0, 0.1) is 20.8 Å². The maximum absolute atomic E-state index is 12.5. The number of anilines is 1. The minimum atomic E-state index is -0.0926. The molecule has 134 valence electrons.